The maximum Gasteiger partial charge on any atom is 0.161 e. The number of nitrogens with one attached hydrogen (secondary N) is 1. The number of allylic oxidation sites excluding steroid dienone is 1. The van der Waals surface area contributed by atoms with Gasteiger partial charge in [-0.15, -0.1) is 6.58 Å². The molecule has 0 spiro atoms. The Morgan fingerprint density at radius 2 is 2.08 bits per heavy atom. The van der Waals surface area contributed by atoms with Gasteiger partial charge in [-0.25, -0.2) is 4.98 Å². The lowest BCUT2D eigenvalue weighted by molar-refractivity contribution is 0.317. The molecule has 0 atom stereocenters. The highest BCUT2D eigenvalue weighted by Gasteiger charge is 2.09. The number of phenols is 1. The standard InChI is InChI=1S/C21H21N3O2/c1-3-7-17-12-15(13-19(21(17)25)26-4-2)14-22-24-20-11-10-16-8-5-6-9-18(16)23-20/h3,5-6,8-14,25H,1,4,7H2,2H3,(H,23,24)/b22-14-. The predicted molar refractivity (Wildman–Crippen MR) is 106 cm³/mol. The molecule has 0 radical (unpaired) electrons. The van der Waals surface area contributed by atoms with Crippen LogP contribution in [0.3, 0.4) is 0 Å². The summed E-state index contributed by atoms with van der Waals surface area (Å²) in [5, 5.41) is 15.6. The Bertz CT molecular complexity index is 951. The molecule has 0 aliphatic heterocycles. The number of hydrogen-bond donors (Lipinski definition) is 2. The van der Waals surface area contributed by atoms with Crippen LogP contribution >= 0.6 is 0 Å². The smallest absolute Gasteiger partial charge is 0.161 e. The van der Waals surface area contributed by atoms with E-state index in [2.05, 4.69) is 22.1 Å². The van der Waals surface area contributed by atoms with Crippen LogP contribution in [0, 0.1) is 0 Å². The van der Waals surface area contributed by atoms with Gasteiger partial charge in [-0.05, 0) is 49.2 Å². The van der Waals surface area contributed by atoms with E-state index in [0.717, 1.165) is 22.0 Å². The third-order valence-electron chi connectivity index (χ3n) is 3.83. The van der Waals surface area contributed by atoms with E-state index in [9.17, 15) is 5.11 Å². The number of ether oxygens (including phenoxy) is 1. The highest BCUT2D eigenvalue weighted by atomic mass is 16.5. The van der Waals surface area contributed by atoms with E-state index in [-0.39, 0.29) is 5.75 Å². The molecule has 0 bridgehead atoms. The van der Waals surface area contributed by atoms with Crippen LogP contribution in [-0.4, -0.2) is 22.9 Å². The van der Waals surface area contributed by atoms with Crippen LogP contribution < -0.4 is 10.2 Å². The quantitative estimate of drug-likeness (QED) is 0.375. The number of benzene rings is 2. The summed E-state index contributed by atoms with van der Waals surface area (Å²) in [7, 11) is 0. The molecule has 0 saturated heterocycles. The SMILES string of the molecule is C=CCc1cc(/C=N\Nc2ccc3ccccc3n2)cc(OCC)c1O. The minimum atomic E-state index is 0.146. The van der Waals surface area contributed by atoms with Crippen molar-refractivity contribution in [1.82, 2.24) is 4.98 Å². The number of hydrazone groups is 1. The molecule has 0 saturated carbocycles. The van der Waals surface area contributed by atoms with Gasteiger partial charge >= 0.3 is 0 Å². The molecule has 5 nitrogen and oxygen atoms in total. The lowest BCUT2D eigenvalue weighted by atomic mass is 10.1. The molecule has 0 unspecified atom stereocenters. The number of anilines is 1. The number of para-hydroxylation sites is 1. The van der Waals surface area contributed by atoms with Gasteiger partial charge in [0.15, 0.2) is 11.5 Å². The number of phenolic OH excluding ortho intramolecular Hbond substituents is 1. The molecule has 2 N–H and O–H groups in total. The summed E-state index contributed by atoms with van der Waals surface area (Å²) in [6.45, 7) is 6.07. The number of rotatable bonds is 7. The summed E-state index contributed by atoms with van der Waals surface area (Å²) in [5.74, 6) is 1.25. The molecule has 3 rings (SSSR count). The molecule has 1 heterocycles. The Balaban J connectivity index is 1.81. The normalized spacial score (nSPS) is 11.0. The van der Waals surface area contributed by atoms with Gasteiger partial charge in [0.2, 0.25) is 0 Å². The maximum atomic E-state index is 10.2. The van der Waals surface area contributed by atoms with Gasteiger partial charge in [0.1, 0.15) is 5.82 Å². The van der Waals surface area contributed by atoms with Crippen molar-refractivity contribution in [2.45, 2.75) is 13.3 Å². The van der Waals surface area contributed by atoms with E-state index in [1.807, 2.05) is 49.4 Å². The van der Waals surface area contributed by atoms with Crippen molar-refractivity contribution >= 4 is 22.9 Å². The number of fused-ring (bicyclic) bond motifs is 1. The number of hydrogen-bond acceptors (Lipinski definition) is 5. The van der Waals surface area contributed by atoms with Gasteiger partial charge in [-0.2, -0.15) is 5.10 Å². The van der Waals surface area contributed by atoms with E-state index in [0.29, 0.717) is 24.6 Å². The van der Waals surface area contributed by atoms with Gasteiger partial charge < -0.3 is 9.84 Å². The van der Waals surface area contributed by atoms with Crippen molar-refractivity contribution in [3.63, 3.8) is 0 Å². The number of nitrogens with zero attached hydrogens (tertiary/aromatic N) is 2. The summed E-state index contributed by atoms with van der Waals surface area (Å²) < 4.78 is 5.50. The van der Waals surface area contributed by atoms with Crippen LogP contribution in [0.2, 0.25) is 0 Å². The van der Waals surface area contributed by atoms with Crippen LogP contribution in [0.4, 0.5) is 5.82 Å². The highest BCUT2D eigenvalue weighted by Crippen LogP contribution is 2.32. The average Bonchev–Trinajstić information content (AvgIpc) is 2.65. The number of aromatic hydroxyl groups is 1. The van der Waals surface area contributed by atoms with E-state index in [4.69, 9.17) is 4.74 Å². The van der Waals surface area contributed by atoms with E-state index in [1.54, 1.807) is 18.4 Å². The van der Waals surface area contributed by atoms with Crippen molar-refractivity contribution in [1.29, 1.82) is 0 Å². The van der Waals surface area contributed by atoms with Gasteiger partial charge in [0.25, 0.3) is 0 Å². The average molecular weight is 347 g/mol. The summed E-state index contributed by atoms with van der Waals surface area (Å²) in [5.41, 5.74) is 5.41. The van der Waals surface area contributed by atoms with Crippen molar-refractivity contribution in [2.24, 2.45) is 5.10 Å². The van der Waals surface area contributed by atoms with E-state index < -0.39 is 0 Å². The molecular formula is C21H21N3O2. The highest BCUT2D eigenvalue weighted by molar-refractivity contribution is 5.83. The third kappa shape index (κ3) is 4.00. The summed E-state index contributed by atoms with van der Waals surface area (Å²) in [4.78, 5) is 4.51. The number of aromatic nitrogens is 1. The van der Waals surface area contributed by atoms with Crippen LogP contribution in [0.25, 0.3) is 10.9 Å². The Kier molecular flexibility index (Phi) is 5.49. The Morgan fingerprint density at radius 1 is 1.23 bits per heavy atom. The molecule has 0 aliphatic rings. The first-order valence-electron chi connectivity index (χ1n) is 8.45. The summed E-state index contributed by atoms with van der Waals surface area (Å²) >= 11 is 0. The Labute approximate surface area is 152 Å². The summed E-state index contributed by atoms with van der Waals surface area (Å²) in [6.07, 6.45) is 3.96. The second kappa shape index (κ2) is 8.16. The summed E-state index contributed by atoms with van der Waals surface area (Å²) in [6, 6.07) is 15.4. The first-order valence-corrected chi connectivity index (χ1v) is 8.45. The van der Waals surface area contributed by atoms with Crippen LogP contribution in [0.1, 0.15) is 18.1 Å². The lowest BCUT2D eigenvalue weighted by Gasteiger charge is -2.10. The lowest BCUT2D eigenvalue weighted by Crippen LogP contribution is -1.98. The zero-order chi connectivity index (χ0) is 18.4. The van der Waals surface area contributed by atoms with Gasteiger partial charge in [0, 0.05) is 10.9 Å². The first-order chi connectivity index (χ1) is 12.7. The molecule has 0 amide bonds. The van der Waals surface area contributed by atoms with Crippen molar-refractivity contribution in [3.05, 3.63) is 72.3 Å². The van der Waals surface area contributed by atoms with Crippen LogP contribution in [0.5, 0.6) is 11.5 Å². The Hall–Kier alpha value is -3.34. The molecule has 5 heteroatoms. The Morgan fingerprint density at radius 3 is 2.88 bits per heavy atom. The minimum Gasteiger partial charge on any atom is -0.504 e. The molecule has 26 heavy (non-hydrogen) atoms. The van der Waals surface area contributed by atoms with Gasteiger partial charge in [0.05, 0.1) is 18.3 Å². The third-order valence-corrected chi connectivity index (χ3v) is 3.83. The predicted octanol–water partition coefficient (Wildman–Crippen LogP) is 4.51. The molecule has 0 aliphatic carbocycles. The number of pyridine rings is 1. The molecule has 132 valence electrons. The van der Waals surface area contributed by atoms with Gasteiger partial charge in [-0.1, -0.05) is 24.3 Å². The second-order valence-corrected chi connectivity index (χ2v) is 5.71. The van der Waals surface area contributed by atoms with E-state index in [1.165, 1.54) is 0 Å². The monoisotopic (exact) mass is 347 g/mol. The zero-order valence-electron chi connectivity index (χ0n) is 14.6. The molecular weight excluding hydrogens is 326 g/mol. The minimum absolute atomic E-state index is 0.146. The van der Waals surface area contributed by atoms with Crippen LogP contribution in [-0.2, 0) is 6.42 Å². The topological polar surface area (TPSA) is 66.7 Å². The fraction of sp³-hybridized carbons (Fsp3) is 0.143. The van der Waals surface area contributed by atoms with Crippen LogP contribution in [0.15, 0.2) is 66.3 Å². The molecule has 0 fully saturated rings. The molecule has 1 aromatic heterocycles. The second-order valence-electron chi connectivity index (χ2n) is 5.71. The maximum absolute atomic E-state index is 10.2. The largest absolute Gasteiger partial charge is 0.504 e. The van der Waals surface area contributed by atoms with E-state index >= 15 is 0 Å². The van der Waals surface area contributed by atoms with Crippen molar-refractivity contribution in [3.8, 4) is 11.5 Å². The molecule has 3 aromatic rings. The fourth-order valence-electron chi connectivity index (χ4n) is 2.64. The van der Waals surface area contributed by atoms with Crippen molar-refractivity contribution in [2.75, 3.05) is 12.0 Å². The fourth-order valence-corrected chi connectivity index (χ4v) is 2.64. The van der Waals surface area contributed by atoms with Crippen molar-refractivity contribution < 1.29 is 9.84 Å². The molecule has 2 aromatic carbocycles. The zero-order valence-corrected chi connectivity index (χ0v) is 14.6. The van der Waals surface area contributed by atoms with Gasteiger partial charge in [-0.3, -0.25) is 5.43 Å². The first kappa shape index (κ1) is 17.5.